The summed E-state index contributed by atoms with van der Waals surface area (Å²) < 4.78 is 4.68. The van der Waals surface area contributed by atoms with Gasteiger partial charge in [-0.3, -0.25) is 0 Å². The first-order valence-corrected chi connectivity index (χ1v) is 5.47. The van der Waals surface area contributed by atoms with E-state index in [1.54, 1.807) is 13.1 Å². The molecule has 0 aromatic carbocycles. The second-order valence-electron chi connectivity index (χ2n) is 3.11. The van der Waals surface area contributed by atoms with Gasteiger partial charge in [0.1, 0.15) is 6.29 Å². The largest absolute Gasteiger partial charge is 0.416 e. The summed E-state index contributed by atoms with van der Waals surface area (Å²) in [5, 5.41) is 5.01. The number of aldehydes is 1. The molecule has 1 amide bonds. The third-order valence-electron chi connectivity index (χ3n) is 1.61. The van der Waals surface area contributed by atoms with Crippen LogP contribution in [-0.4, -0.2) is 23.4 Å². The van der Waals surface area contributed by atoms with Gasteiger partial charge in [0.25, 0.3) is 0 Å². The van der Waals surface area contributed by atoms with Gasteiger partial charge in [-0.2, -0.15) is 0 Å². The van der Waals surface area contributed by atoms with Crippen LogP contribution in [0, 0.1) is 0 Å². The fourth-order valence-corrected chi connectivity index (χ4v) is 1.69. The minimum absolute atomic E-state index is 0.274. The number of rotatable bonds is 5. The van der Waals surface area contributed by atoms with Gasteiger partial charge in [-0.05, 0) is 6.92 Å². The molecule has 1 atom stereocenters. The second kappa shape index (κ2) is 6.02. The molecular formula is C10H12N2O3S. The van der Waals surface area contributed by atoms with Gasteiger partial charge < -0.3 is 14.8 Å². The standard InChI is InChI=1S/C10H12N2O3S/c1-7(2)15-10(14)12-8(6-13)5-9-11-3-4-16-9/h3-4,6,8H,1,5H2,2H3,(H,12,14). The van der Waals surface area contributed by atoms with E-state index in [0.717, 1.165) is 5.01 Å². The Bertz CT molecular complexity index is 375. The average molecular weight is 240 g/mol. The van der Waals surface area contributed by atoms with Crippen molar-refractivity contribution in [3.8, 4) is 0 Å². The summed E-state index contributed by atoms with van der Waals surface area (Å²) in [5.41, 5.74) is 0. The second-order valence-corrected chi connectivity index (χ2v) is 4.09. The van der Waals surface area contributed by atoms with E-state index in [9.17, 15) is 9.59 Å². The summed E-state index contributed by atoms with van der Waals surface area (Å²) in [4.78, 5) is 25.9. The van der Waals surface area contributed by atoms with Crippen molar-refractivity contribution >= 4 is 23.7 Å². The van der Waals surface area contributed by atoms with Gasteiger partial charge >= 0.3 is 6.09 Å². The number of thiazole rings is 1. The predicted molar refractivity (Wildman–Crippen MR) is 60.1 cm³/mol. The van der Waals surface area contributed by atoms with E-state index in [1.165, 1.54) is 11.3 Å². The average Bonchev–Trinajstić information content (AvgIpc) is 2.68. The monoisotopic (exact) mass is 240 g/mol. The zero-order chi connectivity index (χ0) is 12.0. The molecule has 6 heteroatoms. The summed E-state index contributed by atoms with van der Waals surface area (Å²) in [6, 6.07) is -0.627. The van der Waals surface area contributed by atoms with E-state index < -0.39 is 12.1 Å². The first-order valence-electron chi connectivity index (χ1n) is 4.59. The van der Waals surface area contributed by atoms with Gasteiger partial charge in [-0.1, -0.05) is 6.58 Å². The highest BCUT2D eigenvalue weighted by Crippen LogP contribution is 2.06. The maximum Gasteiger partial charge on any atom is 0.412 e. The first-order chi connectivity index (χ1) is 7.61. The molecule has 0 saturated carbocycles. The molecule has 86 valence electrons. The molecule has 1 N–H and O–H groups in total. The minimum Gasteiger partial charge on any atom is -0.416 e. The number of hydrogen-bond acceptors (Lipinski definition) is 5. The Morgan fingerprint density at radius 2 is 2.56 bits per heavy atom. The molecule has 5 nitrogen and oxygen atoms in total. The summed E-state index contributed by atoms with van der Waals surface area (Å²) in [7, 11) is 0. The summed E-state index contributed by atoms with van der Waals surface area (Å²) >= 11 is 1.43. The maximum atomic E-state index is 11.2. The molecular weight excluding hydrogens is 228 g/mol. The van der Waals surface area contributed by atoms with E-state index in [1.807, 2.05) is 5.38 Å². The summed E-state index contributed by atoms with van der Waals surface area (Å²) in [6.07, 6.45) is 1.99. The van der Waals surface area contributed by atoms with Crippen LogP contribution in [0.3, 0.4) is 0 Å². The van der Waals surface area contributed by atoms with Crippen LogP contribution >= 0.6 is 11.3 Å². The van der Waals surface area contributed by atoms with Gasteiger partial charge in [0.05, 0.1) is 16.8 Å². The van der Waals surface area contributed by atoms with Crippen molar-refractivity contribution in [1.82, 2.24) is 10.3 Å². The lowest BCUT2D eigenvalue weighted by atomic mass is 10.2. The molecule has 0 aliphatic carbocycles. The molecule has 1 rings (SSSR count). The number of allylic oxidation sites excluding steroid dienone is 1. The van der Waals surface area contributed by atoms with Crippen molar-refractivity contribution in [2.45, 2.75) is 19.4 Å². The summed E-state index contributed by atoms with van der Waals surface area (Å²) in [6.45, 7) is 4.97. The number of aromatic nitrogens is 1. The van der Waals surface area contributed by atoms with E-state index in [2.05, 4.69) is 21.6 Å². The third-order valence-corrected chi connectivity index (χ3v) is 2.41. The van der Waals surface area contributed by atoms with Crippen LogP contribution in [0.4, 0.5) is 4.79 Å². The summed E-state index contributed by atoms with van der Waals surface area (Å²) in [5.74, 6) is 0.274. The lowest BCUT2D eigenvalue weighted by Gasteiger charge is -2.11. The van der Waals surface area contributed by atoms with E-state index in [-0.39, 0.29) is 5.76 Å². The van der Waals surface area contributed by atoms with Crippen molar-refractivity contribution in [2.75, 3.05) is 0 Å². The maximum absolute atomic E-state index is 11.2. The van der Waals surface area contributed by atoms with Gasteiger partial charge in [-0.15, -0.1) is 11.3 Å². The number of carbonyl (C=O) groups is 2. The highest BCUT2D eigenvalue weighted by molar-refractivity contribution is 7.09. The minimum atomic E-state index is -0.679. The van der Waals surface area contributed by atoms with Crippen molar-refractivity contribution in [3.05, 3.63) is 28.9 Å². The molecule has 16 heavy (non-hydrogen) atoms. The van der Waals surface area contributed by atoms with Crippen LogP contribution in [0.1, 0.15) is 11.9 Å². The molecule has 0 fully saturated rings. The number of amides is 1. The zero-order valence-electron chi connectivity index (χ0n) is 8.80. The topological polar surface area (TPSA) is 68.3 Å². The molecule has 0 saturated heterocycles. The Balaban J connectivity index is 2.46. The van der Waals surface area contributed by atoms with Crippen LogP contribution in [0.15, 0.2) is 23.9 Å². The highest BCUT2D eigenvalue weighted by Gasteiger charge is 2.14. The van der Waals surface area contributed by atoms with Gasteiger partial charge in [0.2, 0.25) is 0 Å². The smallest absolute Gasteiger partial charge is 0.412 e. The lowest BCUT2D eigenvalue weighted by molar-refractivity contribution is -0.109. The zero-order valence-corrected chi connectivity index (χ0v) is 9.62. The predicted octanol–water partition coefficient (Wildman–Crippen LogP) is 1.51. The Morgan fingerprint density at radius 1 is 1.81 bits per heavy atom. The molecule has 1 unspecified atom stereocenters. The van der Waals surface area contributed by atoms with E-state index >= 15 is 0 Å². The van der Waals surface area contributed by atoms with Gasteiger partial charge in [0.15, 0.2) is 0 Å². The number of alkyl carbamates (subject to hydrolysis) is 1. The fraction of sp³-hybridized carbons (Fsp3) is 0.300. The van der Waals surface area contributed by atoms with Crippen molar-refractivity contribution < 1.29 is 14.3 Å². The third kappa shape index (κ3) is 4.22. The Hall–Kier alpha value is -1.69. The molecule has 1 aromatic rings. The molecule has 1 heterocycles. The van der Waals surface area contributed by atoms with Crippen molar-refractivity contribution in [2.24, 2.45) is 0 Å². The van der Waals surface area contributed by atoms with Crippen LogP contribution in [0.25, 0.3) is 0 Å². The van der Waals surface area contributed by atoms with Crippen LogP contribution in [0.2, 0.25) is 0 Å². The normalized spacial score (nSPS) is 11.6. The van der Waals surface area contributed by atoms with Gasteiger partial charge in [-0.25, -0.2) is 9.78 Å². The molecule has 0 aliphatic rings. The fourth-order valence-electron chi connectivity index (χ4n) is 1.01. The molecule has 0 radical (unpaired) electrons. The van der Waals surface area contributed by atoms with E-state index in [4.69, 9.17) is 0 Å². The SMILES string of the molecule is C=C(C)OC(=O)NC(C=O)Cc1nccs1. The van der Waals surface area contributed by atoms with Crippen LogP contribution in [0.5, 0.6) is 0 Å². The Labute approximate surface area is 97.1 Å². The Morgan fingerprint density at radius 3 is 3.06 bits per heavy atom. The first kappa shape index (κ1) is 12.4. The molecule has 1 aromatic heterocycles. The quantitative estimate of drug-likeness (QED) is 0.625. The van der Waals surface area contributed by atoms with Crippen LogP contribution in [-0.2, 0) is 16.0 Å². The van der Waals surface area contributed by atoms with Crippen LogP contribution < -0.4 is 5.32 Å². The lowest BCUT2D eigenvalue weighted by Crippen LogP contribution is -2.37. The van der Waals surface area contributed by atoms with Crippen molar-refractivity contribution in [1.29, 1.82) is 0 Å². The highest BCUT2D eigenvalue weighted by atomic mass is 32.1. The number of ether oxygens (including phenoxy) is 1. The number of nitrogens with zero attached hydrogens (tertiary/aromatic N) is 1. The molecule has 0 aliphatic heterocycles. The van der Waals surface area contributed by atoms with Gasteiger partial charge in [0, 0.05) is 18.0 Å². The van der Waals surface area contributed by atoms with E-state index in [0.29, 0.717) is 12.7 Å². The van der Waals surface area contributed by atoms with Crippen molar-refractivity contribution in [3.63, 3.8) is 0 Å². The number of nitrogens with one attached hydrogen (secondary N) is 1. The number of hydrogen-bond donors (Lipinski definition) is 1. The Kier molecular flexibility index (Phi) is 4.65. The molecule has 0 bridgehead atoms. The number of carbonyl (C=O) groups excluding carboxylic acids is 2. The molecule has 0 spiro atoms.